The summed E-state index contributed by atoms with van der Waals surface area (Å²) in [6, 6.07) is 5.82. The van der Waals surface area contributed by atoms with Gasteiger partial charge < -0.3 is 10.6 Å². The molecule has 0 saturated carbocycles. The number of rotatable bonds is 7. The molecular weight excluding hydrogens is 472 g/mol. The van der Waals surface area contributed by atoms with Crippen LogP contribution in [0.15, 0.2) is 89.0 Å². The summed E-state index contributed by atoms with van der Waals surface area (Å²) in [5, 5.41) is 0.435. The van der Waals surface area contributed by atoms with E-state index in [1.807, 2.05) is 25.3 Å². The highest BCUT2D eigenvalue weighted by Crippen LogP contribution is 2.36. The summed E-state index contributed by atoms with van der Waals surface area (Å²) in [5.74, 6) is 1.10. The molecule has 2 atom stereocenters. The monoisotopic (exact) mass is 507 g/mol. The zero-order valence-electron chi connectivity index (χ0n) is 20.4. The number of thioether (sulfide) groups is 1. The van der Waals surface area contributed by atoms with Crippen molar-refractivity contribution in [2.45, 2.75) is 32.9 Å². The third-order valence-electron chi connectivity index (χ3n) is 5.02. The van der Waals surface area contributed by atoms with E-state index in [0.29, 0.717) is 30.5 Å². The van der Waals surface area contributed by atoms with Gasteiger partial charge in [0.15, 0.2) is 0 Å². The average Bonchev–Trinajstić information content (AvgIpc) is 3.23. The van der Waals surface area contributed by atoms with Crippen LogP contribution in [0.2, 0.25) is 5.02 Å². The van der Waals surface area contributed by atoms with Crippen molar-refractivity contribution in [1.29, 1.82) is 0 Å². The predicted octanol–water partition coefficient (Wildman–Crippen LogP) is 7.34. The second kappa shape index (κ2) is 15.7. The number of allylic oxidation sites excluding steroid dienone is 4. The van der Waals surface area contributed by atoms with E-state index >= 15 is 0 Å². The zero-order chi connectivity index (χ0) is 25.7. The van der Waals surface area contributed by atoms with E-state index in [0.717, 1.165) is 34.9 Å². The summed E-state index contributed by atoms with van der Waals surface area (Å²) in [6.07, 6.45) is 8.05. The number of amidine groups is 1. The molecule has 0 amide bonds. The first kappa shape index (κ1) is 29.9. The van der Waals surface area contributed by atoms with Gasteiger partial charge >= 0.3 is 0 Å². The quantitative estimate of drug-likeness (QED) is 0.310. The van der Waals surface area contributed by atoms with Gasteiger partial charge in [-0.15, -0.1) is 18.3 Å². The van der Waals surface area contributed by atoms with Crippen LogP contribution in [0.5, 0.6) is 0 Å². The van der Waals surface area contributed by atoms with Crippen molar-refractivity contribution in [1.82, 2.24) is 4.90 Å². The van der Waals surface area contributed by atoms with E-state index in [1.165, 1.54) is 17.8 Å². The number of hydrogen-bond donors (Lipinski definition) is 1. The van der Waals surface area contributed by atoms with Crippen LogP contribution in [0.4, 0.5) is 8.78 Å². The second-order valence-electron chi connectivity index (χ2n) is 7.90. The Morgan fingerprint density at radius 3 is 2.59 bits per heavy atom. The number of aliphatic imine (C=N–C) groups is 1. The van der Waals surface area contributed by atoms with Crippen LogP contribution < -0.4 is 5.73 Å². The smallest absolute Gasteiger partial charge is 0.141 e. The number of halogens is 3. The van der Waals surface area contributed by atoms with Crippen molar-refractivity contribution in [3.63, 3.8) is 0 Å². The molecule has 0 aromatic heterocycles. The lowest BCUT2D eigenvalue weighted by Crippen LogP contribution is -2.33. The fraction of sp³-hybridized carbons (Fsp3) is 0.370. The Kier molecular flexibility index (Phi) is 13.8. The van der Waals surface area contributed by atoms with Crippen LogP contribution in [-0.4, -0.2) is 42.8 Å². The zero-order valence-corrected chi connectivity index (χ0v) is 21.9. The van der Waals surface area contributed by atoms with E-state index in [-0.39, 0.29) is 5.82 Å². The summed E-state index contributed by atoms with van der Waals surface area (Å²) < 4.78 is 25.0. The summed E-state index contributed by atoms with van der Waals surface area (Å²) >= 11 is 7.02. The van der Waals surface area contributed by atoms with Crippen molar-refractivity contribution < 1.29 is 8.78 Å². The lowest BCUT2D eigenvalue weighted by Gasteiger charge is -2.29. The summed E-state index contributed by atoms with van der Waals surface area (Å²) in [6.45, 7) is 17.2. The molecule has 2 aliphatic rings. The molecule has 0 spiro atoms. The molecule has 7 heteroatoms. The van der Waals surface area contributed by atoms with E-state index < -0.39 is 6.17 Å². The Labute approximate surface area is 212 Å². The van der Waals surface area contributed by atoms with Gasteiger partial charge in [0.2, 0.25) is 0 Å². The molecule has 1 aromatic rings. The van der Waals surface area contributed by atoms with Gasteiger partial charge in [0.05, 0.1) is 6.54 Å². The van der Waals surface area contributed by atoms with Crippen LogP contribution in [-0.2, 0) is 0 Å². The first-order valence-electron chi connectivity index (χ1n) is 11.1. The number of nitrogens with zero attached hydrogens (tertiary/aromatic N) is 2. The molecule has 0 radical (unpaired) electrons. The number of nitrogens with two attached hydrogens (primary N) is 1. The Morgan fingerprint density at radius 2 is 2.09 bits per heavy atom. The highest BCUT2D eigenvalue weighted by molar-refractivity contribution is 8.03. The second-order valence-corrected chi connectivity index (χ2v) is 9.24. The molecular formula is C27H36ClF2N3S. The Balaban J connectivity index is 0.000000434. The maximum absolute atomic E-state index is 12.9. The van der Waals surface area contributed by atoms with Crippen LogP contribution in [0, 0.1) is 11.7 Å². The minimum atomic E-state index is -0.831. The standard InChI is InChI=1S/C18H26FN3S.C6H4ClF.C3H6/c1-12(6-5-7-13(2)19)16-10-21-18(14(3)23-4)22-11-15(9-20)8-17(16)22;7-5-2-1-3-6(8)4-5;1-3-2/h5-6,13,15H,1,3,7-11,20H2,2,4H3;1-4H;3H,1H2,2H3/b6-5-;;. The molecule has 1 aromatic carbocycles. The molecule has 0 aliphatic carbocycles. The van der Waals surface area contributed by atoms with Crippen molar-refractivity contribution in [2.75, 3.05) is 25.9 Å². The average molecular weight is 508 g/mol. The molecule has 1 saturated heterocycles. The minimum Gasteiger partial charge on any atom is -0.330 e. The Bertz CT molecular complexity index is 920. The van der Waals surface area contributed by atoms with Crippen LogP contribution in [0.25, 0.3) is 0 Å². The van der Waals surface area contributed by atoms with Gasteiger partial charge in [0.1, 0.15) is 17.8 Å². The van der Waals surface area contributed by atoms with Gasteiger partial charge in [-0.2, -0.15) is 0 Å². The SMILES string of the molecule is C=C(/C=C\CC(C)F)C1=C2CC(CN)CN2C(C(=C)SC)=NC1.C=CC.Fc1cccc(Cl)c1. The van der Waals surface area contributed by atoms with Crippen LogP contribution >= 0.6 is 23.4 Å². The number of fused-ring (bicyclic) bond motifs is 1. The summed E-state index contributed by atoms with van der Waals surface area (Å²) in [5.41, 5.74) is 9.19. The van der Waals surface area contributed by atoms with Gasteiger partial charge in [-0.3, -0.25) is 4.99 Å². The lowest BCUT2D eigenvalue weighted by molar-refractivity contribution is 0.365. The molecule has 2 N–H and O–H groups in total. The maximum atomic E-state index is 12.9. The molecule has 186 valence electrons. The normalized spacial score (nSPS) is 17.7. The highest BCUT2D eigenvalue weighted by atomic mass is 35.5. The van der Waals surface area contributed by atoms with Crippen LogP contribution in [0.1, 0.15) is 26.7 Å². The molecule has 3 nitrogen and oxygen atoms in total. The molecule has 34 heavy (non-hydrogen) atoms. The highest BCUT2D eigenvalue weighted by Gasteiger charge is 2.34. The van der Waals surface area contributed by atoms with E-state index in [1.54, 1.807) is 36.9 Å². The number of benzene rings is 1. The lowest BCUT2D eigenvalue weighted by atomic mass is 9.99. The van der Waals surface area contributed by atoms with Gasteiger partial charge in [0.25, 0.3) is 0 Å². The van der Waals surface area contributed by atoms with E-state index in [4.69, 9.17) is 22.3 Å². The minimum absolute atomic E-state index is 0.294. The Hall–Kier alpha value is -2.15. The molecule has 2 aliphatic heterocycles. The van der Waals surface area contributed by atoms with Crippen molar-refractivity contribution >= 4 is 29.2 Å². The number of hydrogen-bond acceptors (Lipinski definition) is 4. The molecule has 0 bridgehead atoms. The number of alkyl halides is 1. The molecule has 2 heterocycles. The first-order valence-corrected chi connectivity index (χ1v) is 12.7. The third kappa shape index (κ3) is 9.61. The Morgan fingerprint density at radius 1 is 1.41 bits per heavy atom. The third-order valence-corrected chi connectivity index (χ3v) is 5.93. The fourth-order valence-corrected chi connectivity index (χ4v) is 3.91. The first-order chi connectivity index (χ1) is 16.2. The van der Waals surface area contributed by atoms with Gasteiger partial charge in [-0.1, -0.05) is 49.1 Å². The van der Waals surface area contributed by atoms with E-state index in [9.17, 15) is 8.78 Å². The predicted molar refractivity (Wildman–Crippen MR) is 147 cm³/mol. The molecule has 1 fully saturated rings. The topological polar surface area (TPSA) is 41.6 Å². The largest absolute Gasteiger partial charge is 0.330 e. The summed E-state index contributed by atoms with van der Waals surface area (Å²) in [4.78, 5) is 7.93. The van der Waals surface area contributed by atoms with Crippen LogP contribution in [0.3, 0.4) is 0 Å². The van der Waals surface area contributed by atoms with Crippen molar-refractivity contribution in [2.24, 2.45) is 16.6 Å². The van der Waals surface area contributed by atoms with E-state index in [2.05, 4.69) is 24.6 Å². The fourth-order valence-electron chi connectivity index (χ4n) is 3.38. The van der Waals surface area contributed by atoms with Gasteiger partial charge in [-0.25, -0.2) is 8.78 Å². The molecule has 2 unspecified atom stereocenters. The van der Waals surface area contributed by atoms with Gasteiger partial charge in [0, 0.05) is 22.2 Å². The van der Waals surface area contributed by atoms with Crippen molar-refractivity contribution in [3.8, 4) is 0 Å². The van der Waals surface area contributed by atoms with Gasteiger partial charge in [-0.05, 0) is 74.8 Å². The molecule has 3 rings (SSSR count). The van der Waals surface area contributed by atoms with Crippen molar-refractivity contribution in [3.05, 3.63) is 94.8 Å². The maximum Gasteiger partial charge on any atom is 0.141 e. The summed E-state index contributed by atoms with van der Waals surface area (Å²) in [7, 11) is 0.